The molecular weight excluding hydrogens is 412 g/mol. The van der Waals surface area contributed by atoms with E-state index in [0.717, 1.165) is 0 Å². The van der Waals surface area contributed by atoms with Crippen LogP contribution in [0.4, 0.5) is 5.82 Å². The molecule has 0 aliphatic carbocycles. The number of nitrogens with two attached hydrogens (primary N) is 1. The first-order chi connectivity index (χ1) is 8.39. The number of aromatic nitrogens is 1. The van der Waals surface area contributed by atoms with Crippen LogP contribution in [0, 0.1) is 33.3 Å². The number of pyridine rings is 1. The van der Waals surface area contributed by atoms with Gasteiger partial charge in [0.1, 0.15) is 5.82 Å². The van der Waals surface area contributed by atoms with Crippen molar-refractivity contribution >= 4 is 5.82 Å². The number of rotatable bonds is 0. The van der Waals surface area contributed by atoms with Crippen molar-refractivity contribution in [3.8, 4) is 0 Å². The van der Waals surface area contributed by atoms with Crippen LogP contribution in [0.1, 0.15) is 0 Å². The smallest absolute Gasteiger partial charge is 0 e. The predicted molar refractivity (Wildman–Crippen MR) is 48.3 cm³/mol. The van der Waals surface area contributed by atoms with Crippen molar-refractivity contribution in [1.29, 1.82) is 0 Å². The number of nitrogens with zero attached hydrogens (tertiary/aromatic N) is 1. The molecule has 1 aromatic rings. The zero-order valence-corrected chi connectivity index (χ0v) is 11.7. The van der Waals surface area contributed by atoms with E-state index in [9.17, 15) is 0 Å². The van der Waals surface area contributed by atoms with E-state index in [1.807, 2.05) is 12.1 Å². The van der Waals surface area contributed by atoms with Gasteiger partial charge in [-0.2, -0.15) is 0 Å². The molecule has 0 aromatic carbocycles. The number of hydrogen-bond donors (Lipinski definition) is 1. The van der Waals surface area contributed by atoms with Crippen molar-refractivity contribution in [1.82, 2.24) is 4.98 Å². The molecular formula is C10H6N2O5W. The van der Waals surface area contributed by atoms with E-state index in [1.165, 1.54) is 0 Å². The van der Waals surface area contributed by atoms with Gasteiger partial charge in [0, 0.05) is 27.3 Å². The Bertz CT molecular complexity index is 284. The summed E-state index contributed by atoms with van der Waals surface area (Å²) in [5.74, 6) is 0.572. The molecule has 0 saturated heterocycles. The summed E-state index contributed by atoms with van der Waals surface area (Å²) in [5, 5.41) is 0. The van der Waals surface area contributed by atoms with E-state index in [1.54, 1.807) is 12.3 Å². The summed E-state index contributed by atoms with van der Waals surface area (Å²) in [6, 6.07) is 5.43. The molecule has 0 unspecified atom stereocenters. The molecule has 0 fully saturated rings. The minimum absolute atomic E-state index is 0. The third kappa shape index (κ3) is 63.5. The topological polar surface area (TPSA) is 138 Å². The molecule has 8 heteroatoms. The zero-order chi connectivity index (χ0) is 15.1. The van der Waals surface area contributed by atoms with Crippen LogP contribution in [-0.4, -0.2) is 4.98 Å². The average molecular weight is 418 g/mol. The van der Waals surface area contributed by atoms with Gasteiger partial charge in [-0.05, 0) is 12.1 Å². The number of hydrogen-bond acceptors (Lipinski definition) is 2. The van der Waals surface area contributed by atoms with Crippen LogP contribution in [0.2, 0.25) is 0 Å². The van der Waals surface area contributed by atoms with Gasteiger partial charge in [0.15, 0.2) is 0 Å². The molecule has 0 bridgehead atoms. The molecule has 0 spiro atoms. The Labute approximate surface area is 119 Å². The van der Waals surface area contributed by atoms with E-state index < -0.39 is 0 Å². The molecule has 1 aromatic heterocycles. The van der Waals surface area contributed by atoms with Crippen molar-refractivity contribution in [2.45, 2.75) is 0 Å². The molecule has 2 N–H and O–H groups in total. The van der Waals surface area contributed by atoms with Crippen LogP contribution in [0.3, 0.4) is 0 Å². The Morgan fingerprint density at radius 1 is 0.778 bits per heavy atom. The molecule has 0 atom stereocenters. The van der Waals surface area contributed by atoms with Crippen molar-refractivity contribution in [2.75, 3.05) is 5.73 Å². The van der Waals surface area contributed by atoms with Crippen LogP contribution >= 0.6 is 0 Å². The van der Waals surface area contributed by atoms with E-state index in [2.05, 4.69) is 38.2 Å². The van der Waals surface area contributed by atoms with E-state index in [-0.39, 0.29) is 21.1 Å². The van der Waals surface area contributed by atoms with Gasteiger partial charge in [-0.15, -0.1) is 0 Å². The van der Waals surface area contributed by atoms with Gasteiger partial charge in [0.2, 0.25) is 0 Å². The minimum Gasteiger partial charge on any atom is 0 e. The molecule has 0 aliphatic rings. The number of nitrogen functional groups attached to an aromatic ring is 1. The summed E-state index contributed by atoms with van der Waals surface area (Å²) in [6.45, 7) is 22.5. The van der Waals surface area contributed by atoms with Gasteiger partial charge in [-0.25, -0.2) is 4.98 Å². The minimum atomic E-state index is 0. The van der Waals surface area contributed by atoms with Crippen LogP contribution < -0.4 is 5.73 Å². The fourth-order valence-electron chi connectivity index (χ4n) is 0.376. The first-order valence-electron chi connectivity index (χ1n) is 3.08. The van der Waals surface area contributed by atoms with Gasteiger partial charge < -0.3 is 5.73 Å². The van der Waals surface area contributed by atoms with Crippen LogP contribution in [0.25, 0.3) is 0 Å². The van der Waals surface area contributed by atoms with Crippen LogP contribution in [0.5, 0.6) is 0 Å². The summed E-state index contributed by atoms with van der Waals surface area (Å²) >= 11 is 0. The van der Waals surface area contributed by atoms with Crippen molar-refractivity contribution < 1.29 is 44.3 Å². The van der Waals surface area contributed by atoms with Crippen LogP contribution in [0.15, 0.2) is 24.4 Å². The second-order valence-corrected chi connectivity index (χ2v) is 1.25. The fourth-order valence-corrected chi connectivity index (χ4v) is 0.376. The first-order valence-corrected chi connectivity index (χ1v) is 3.08. The maximum atomic E-state index is 7.50. The fraction of sp³-hybridized carbons (Fsp3) is 0. The monoisotopic (exact) mass is 418 g/mol. The van der Waals surface area contributed by atoms with E-state index in [0.29, 0.717) is 5.82 Å². The summed E-state index contributed by atoms with van der Waals surface area (Å²) in [5.41, 5.74) is 5.25. The number of anilines is 1. The maximum absolute atomic E-state index is 7.50. The summed E-state index contributed by atoms with van der Waals surface area (Å²) in [4.78, 5) is 3.76. The quantitative estimate of drug-likeness (QED) is 0.484. The molecule has 0 amide bonds. The third-order valence-corrected chi connectivity index (χ3v) is 0.688. The second-order valence-electron chi connectivity index (χ2n) is 1.25. The zero-order valence-electron chi connectivity index (χ0n) is 8.78. The molecule has 92 valence electrons. The Hall–Kier alpha value is -1.66. The van der Waals surface area contributed by atoms with Gasteiger partial charge in [0.05, 0.1) is 0 Å². The van der Waals surface area contributed by atoms with Crippen molar-refractivity contribution in [2.24, 2.45) is 0 Å². The normalized spacial score (nSPS) is 3.89. The molecule has 7 nitrogen and oxygen atoms in total. The first kappa shape index (κ1) is 36.0. The third-order valence-electron chi connectivity index (χ3n) is 0.688. The molecule has 1 heterocycles. The largest absolute Gasteiger partial charge is 0 e. The summed E-state index contributed by atoms with van der Waals surface area (Å²) < 4.78 is 37.5. The average Bonchev–Trinajstić information content (AvgIpc) is 2.50. The van der Waals surface area contributed by atoms with Gasteiger partial charge >= 0.3 is 56.5 Å². The standard InChI is InChI=1S/C5H6N2.5CO.W/c6-5-3-1-2-4-7-5;5*1-2;/h1-4H,(H2,6,7);;;;;;. The Balaban J connectivity index is -0.0000000285. The molecule has 0 saturated carbocycles. The summed E-state index contributed by atoms with van der Waals surface area (Å²) in [6.07, 6.45) is 1.66. The Morgan fingerprint density at radius 2 is 1.11 bits per heavy atom. The van der Waals surface area contributed by atoms with E-state index in [4.69, 9.17) is 29.0 Å². The molecule has 0 radical (unpaired) electrons. The van der Waals surface area contributed by atoms with Crippen molar-refractivity contribution in [3.05, 3.63) is 57.6 Å². The molecule has 18 heavy (non-hydrogen) atoms. The Kier molecular flexibility index (Phi) is 157. The summed E-state index contributed by atoms with van der Waals surface area (Å²) in [7, 11) is 0. The van der Waals surface area contributed by atoms with Gasteiger partial charge in [0.25, 0.3) is 0 Å². The van der Waals surface area contributed by atoms with Gasteiger partial charge in [-0.3, -0.25) is 0 Å². The molecule has 1 rings (SSSR count). The SMILES string of the molecule is Nc1ccccn1.[C-]#[O+].[C-]#[O+].[C-]#[O+].[C-]#[O+].[C-]#[O+].[W]. The van der Waals surface area contributed by atoms with Crippen molar-refractivity contribution in [3.63, 3.8) is 0 Å². The van der Waals surface area contributed by atoms with Gasteiger partial charge in [-0.1, -0.05) is 6.07 Å². The van der Waals surface area contributed by atoms with Crippen LogP contribution in [-0.2, 0) is 44.3 Å². The molecule has 0 aliphatic heterocycles. The Morgan fingerprint density at radius 3 is 1.22 bits per heavy atom. The predicted octanol–water partition coefficient (Wildman–Crippen LogP) is 0.474. The maximum Gasteiger partial charge on any atom is 0 e. The van der Waals surface area contributed by atoms with E-state index >= 15 is 0 Å². The second kappa shape index (κ2) is 78.5.